The van der Waals surface area contributed by atoms with Gasteiger partial charge < -0.3 is 4.90 Å². The molecule has 92 valence electrons. The van der Waals surface area contributed by atoms with Gasteiger partial charge in [0.15, 0.2) is 0 Å². The van der Waals surface area contributed by atoms with Crippen molar-refractivity contribution in [1.82, 2.24) is 4.90 Å². The zero-order valence-electron chi connectivity index (χ0n) is 11.3. The van der Waals surface area contributed by atoms with Crippen molar-refractivity contribution in [2.75, 3.05) is 13.6 Å². The van der Waals surface area contributed by atoms with Crippen LogP contribution >= 0.6 is 0 Å². The van der Waals surface area contributed by atoms with Crippen LogP contribution in [0.15, 0.2) is 24.3 Å². The predicted octanol–water partition coefficient (Wildman–Crippen LogP) is 3.37. The van der Waals surface area contributed by atoms with Crippen molar-refractivity contribution in [3.8, 4) is 6.07 Å². The van der Waals surface area contributed by atoms with E-state index >= 15 is 0 Å². The molecule has 0 aromatic heterocycles. The minimum atomic E-state index is -0.222. The molecule has 0 radical (unpaired) electrons. The average molecular weight is 230 g/mol. The Morgan fingerprint density at radius 3 is 2.53 bits per heavy atom. The summed E-state index contributed by atoms with van der Waals surface area (Å²) in [6.45, 7) is 8.04. The van der Waals surface area contributed by atoms with Crippen LogP contribution in [-0.2, 0) is 6.54 Å². The van der Waals surface area contributed by atoms with Crippen LogP contribution in [0.5, 0.6) is 0 Å². The maximum absolute atomic E-state index is 8.97. The molecule has 0 spiro atoms. The highest BCUT2D eigenvalue weighted by atomic mass is 15.1. The maximum atomic E-state index is 8.97. The molecule has 0 aliphatic rings. The predicted molar refractivity (Wildman–Crippen MR) is 71.5 cm³/mol. The van der Waals surface area contributed by atoms with Crippen LogP contribution < -0.4 is 0 Å². The molecule has 17 heavy (non-hydrogen) atoms. The SMILES string of the molecule is Cc1ccccc1CN(C)CCC(C)(C)C#N. The topological polar surface area (TPSA) is 27.0 Å². The van der Waals surface area contributed by atoms with Crippen LogP contribution in [-0.4, -0.2) is 18.5 Å². The molecule has 0 saturated heterocycles. The van der Waals surface area contributed by atoms with Crippen LogP contribution in [0.4, 0.5) is 0 Å². The molecule has 0 aliphatic carbocycles. The van der Waals surface area contributed by atoms with Gasteiger partial charge in [-0.3, -0.25) is 0 Å². The standard InChI is InChI=1S/C15H22N2/c1-13-7-5-6-8-14(13)11-17(4)10-9-15(2,3)12-16/h5-8H,9-11H2,1-4H3. The van der Waals surface area contributed by atoms with Crippen molar-refractivity contribution in [2.24, 2.45) is 5.41 Å². The Balaban J connectivity index is 2.49. The lowest BCUT2D eigenvalue weighted by atomic mass is 9.91. The van der Waals surface area contributed by atoms with E-state index in [2.05, 4.69) is 49.2 Å². The van der Waals surface area contributed by atoms with Crippen LogP contribution in [0.2, 0.25) is 0 Å². The van der Waals surface area contributed by atoms with Crippen molar-refractivity contribution >= 4 is 0 Å². The summed E-state index contributed by atoms with van der Waals surface area (Å²) in [4.78, 5) is 2.28. The Morgan fingerprint density at radius 2 is 1.94 bits per heavy atom. The quantitative estimate of drug-likeness (QED) is 0.775. The van der Waals surface area contributed by atoms with E-state index in [-0.39, 0.29) is 5.41 Å². The highest BCUT2D eigenvalue weighted by Gasteiger charge is 2.17. The van der Waals surface area contributed by atoms with E-state index in [1.807, 2.05) is 13.8 Å². The molecule has 0 unspecified atom stereocenters. The number of hydrogen-bond acceptors (Lipinski definition) is 2. The molecule has 1 rings (SSSR count). The fourth-order valence-electron chi connectivity index (χ4n) is 1.68. The molecule has 2 nitrogen and oxygen atoms in total. The zero-order valence-corrected chi connectivity index (χ0v) is 11.3. The van der Waals surface area contributed by atoms with Gasteiger partial charge in [-0.05, 0) is 51.9 Å². The van der Waals surface area contributed by atoms with Gasteiger partial charge in [0.05, 0.1) is 11.5 Å². The fraction of sp³-hybridized carbons (Fsp3) is 0.533. The summed E-state index contributed by atoms with van der Waals surface area (Å²) in [5.41, 5.74) is 2.48. The van der Waals surface area contributed by atoms with Gasteiger partial charge in [0, 0.05) is 6.54 Å². The second kappa shape index (κ2) is 5.84. The van der Waals surface area contributed by atoms with Crippen molar-refractivity contribution in [3.63, 3.8) is 0 Å². The van der Waals surface area contributed by atoms with Crippen LogP contribution in [0.3, 0.4) is 0 Å². The highest BCUT2D eigenvalue weighted by molar-refractivity contribution is 5.25. The lowest BCUT2D eigenvalue weighted by Gasteiger charge is -2.22. The molecule has 0 amide bonds. The van der Waals surface area contributed by atoms with E-state index in [9.17, 15) is 0 Å². The Labute approximate surface area is 105 Å². The van der Waals surface area contributed by atoms with E-state index in [1.54, 1.807) is 0 Å². The summed E-state index contributed by atoms with van der Waals surface area (Å²) >= 11 is 0. The van der Waals surface area contributed by atoms with Crippen molar-refractivity contribution in [2.45, 2.75) is 33.7 Å². The summed E-state index contributed by atoms with van der Waals surface area (Å²) in [5, 5.41) is 8.97. The third kappa shape index (κ3) is 4.58. The van der Waals surface area contributed by atoms with E-state index in [4.69, 9.17) is 5.26 Å². The second-order valence-corrected chi connectivity index (χ2v) is 5.41. The first kappa shape index (κ1) is 13.7. The third-order valence-electron chi connectivity index (χ3n) is 3.12. The maximum Gasteiger partial charge on any atom is 0.0684 e. The van der Waals surface area contributed by atoms with Crippen molar-refractivity contribution in [3.05, 3.63) is 35.4 Å². The Hall–Kier alpha value is -1.33. The van der Waals surface area contributed by atoms with E-state index in [0.29, 0.717) is 0 Å². The Morgan fingerprint density at radius 1 is 1.29 bits per heavy atom. The smallest absolute Gasteiger partial charge is 0.0684 e. The van der Waals surface area contributed by atoms with E-state index in [1.165, 1.54) is 11.1 Å². The monoisotopic (exact) mass is 230 g/mol. The van der Waals surface area contributed by atoms with Gasteiger partial charge in [0.2, 0.25) is 0 Å². The van der Waals surface area contributed by atoms with Gasteiger partial charge in [-0.2, -0.15) is 5.26 Å². The molecule has 1 aromatic rings. The molecule has 0 N–H and O–H groups in total. The largest absolute Gasteiger partial charge is 0.302 e. The summed E-state index contributed by atoms with van der Waals surface area (Å²) in [6.07, 6.45) is 0.909. The number of aryl methyl sites for hydroxylation is 1. The lowest BCUT2D eigenvalue weighted by Crippen LogP contribution is -2.24. The minimum absolute atomic E-state index is 0.222. The summed E-state index contributed by atoms with van der Waals surface area (Å²) < 4.78 is 0. The second-order valence-electron chi connectivity index (χ2n) is 5.41. The summed E-state index contributed by atoms with van der Waals surface area (Å²) in [7, 11) is 2.11. The van der Waals surface area contributed by atoms with Crippen LogP contribution in [0, 0.1) is 23.7 Å². The summed E-state index contributed by atoms with van der Waals surface area (Å²) in [6, 6.07) is 10.8. The number of benzene rings is 1. The average Bonchev–Trinajstić information content (AvgIpc) is 2.30. The van der Waals surface area contributed by atoms with Crippen LogP contribution in [0.25, 0.3) is 0 Å². The summed E-state index contributed by atoms with van der Waals surface area (Å²) in [5.74, 6) is 0. The van der Waals surface area contributed by atoms with E-state index in [0.717, 1.165) is 19.5 Å². The number of nitriles is 1. The molecular weight excluding hydrogens is 208 g/mol. The number of hydrogen-bond donors (Lipinski definition) is 0. The third-order valence-corrected chi connectivity index (χ3v) is 3.12. The number of rotatable bonds is 5. The van der Waals surface area contributed by atoms with Gasteiger partial charge in [0.1, 0.15) is 0 Å². The fourth-order valence-corrected chi connectivity index (χ4v) is 1.68. The van der Waals surface area contributed by atoms with Gasteiger partial charge >= 0.3 is 0 Å². The lowest BCUT2D eigenvalue weighted by molar-refractivity contribution is 0.279. The minimum Gasteiger partial charge on any atom is -0.302 e. The highest BCUT2D eigenvalue weighted by Crippen LogP contribution is 2.19. The molecule has 0 heterocycles. The Bertz CT molecular complexity index is 402. The van der Waals surface area contributed by atoms with Crippen molar-refractivity contribution in [1.29, 1.82) is 5.26 Å². The first-order valence-corrected chi connectivity index (χ1v) is 6.09. The zero-order chi connectivity index (χ0) is 12.9. The normalized spacial score (nSPS) is 11.5. The first-order chi connectivity index (χ1) is 7.94. The molecular formula is C15H22N2. The molecule has 0 bridgehead atoms. The van der Waals surface area contributed by atoms with Gasteiger partial charge in [-0.25, -0.2) is 0 Å². The number of nitrogens with zero attached hydrogens (tertiary/aromatic N) is 2. The van der Waals surface area contributed by atoms with Crippen molar-refractivity contribution < 1.29 is 0 Å². The molecule has 2 heteroatoms. The molecule has 0 aliphatic heterocycles. The first-order valence-electron chi connectivity index (χ1n) is 6.09. The van der Waals surface area contributed by atoms with E-state index < -0.39 is 0 Å². The Kier molecular flexibility index (Phi) is 4.72. The van der Waals surface area contributed by atoms with Gasteiger partial charge in [0.25, 0.3) is 0 Å². The molecule has 0 saturated carbocycles. The molecule has 1 aromatic carbocycles. The molecule has 0 fully saturated rings. The molecule has 0 atom stereocenters. The van der Waals surface area contributed by atoms with Gasteiger partial charge in [-0.15, -0.1) is 0 Å². The van der Waals surface area contributed by atoms with Gasteiger partial charge in [-0.1, -0.05) is 24.3 Å². The van der Waals surface area contributed by atoms with Crippen LogP contribution in [0.1, 0.15) is 31.4 Å².